The minimum absolute atomic E-state index is 0.402. The summed E-state index contributed by atoms with van der Waals surface area (Å²) in [4.78, 5) is 1.41. The highest BCUT2D eigenvalue weighted by Crippen LogP contribution is 2.27. The van der Waals surface area contributed by atoms with Crippen LogP contribution in [0, 0.1) is 0 Å². The van der Waals surface area contributed by atoms with E-state index in [0.29, 0.717) is 12.1 Å². The smallest absolute Gasteiger partial charge is 0.0391 e. The number of hydrogen-bond donors (Lipinski definition) is 1. The lowest BCUT2D eigenvalue weighted by Gasteiger charge is -2.22. The van der Waals surface area contributed by atoms with E-state index in [9.17, 15) is 0 Å². The second-order valence-corrected chi connectivity index (χ2v) is 6.84. The Labute approximate surface area is 126 Å². The number of rotatable bonds is 4. The number of aryl methyl sites for hydroxylation is 2. The average Bonchev–Trinajstić information content (AvgIpc) is 3.01. The molecule has 0 saturated heterocycles. The van der Waals surface area contributed by atoms with E-state index in [1.165, 1.54) is 36.1 Å². The summed E-state index contributed by atoms with van der Waals surface area (Å²) in [6.45, 7) is 4.52. The maximum Gasteiger partial charge on any atom is 0.0391 e. The number of hydrogen-bond acceptors (Lipinski definition) is 2. The highest BCUT2D eigenvalue weighted by molar-refractivity contribution is 7.10. The molecule has 2 atom stereocenters. The second kappa shape index (κ2) is 6.11. The van der Waals surface area contributed by atoms with Crippen LogP contribution < -0.4 is 5.32 Å². The molecule has 20 heavy (non-hydrogen) atoms. The van der Waals surface area contributed by atoms with Gasteiger partial charge in [0.15, 0.2) is 0 Å². The topological polar surface area (TPSA) is 12.0 Å². The molecule has 1 aromatic carbocycles. The van der Waals surface area contributed by atoms with E-state index in [-0.39, 0.29) is 0 Å². The van der Waals surface area contributed by atoms with Crippen molar-refractivity contribution < 1.29 is 0 Å². The van der Waals surface area contributed by atoms with Crippen LogP contribution in [-0.4, -0.2) is 0 Å². The first kappa shape index (κ1) is 13.8. The first-order chi connectivity index (χ1) is 9.74. The van der Waals surface area contributed by atoms with Crippen LogP contribution in [0.25, 0.3) is 0 Å². The molecule has 1 heterocycles. The fraction of sp³-hybridized carbons (Fsp3) is 0.444. The molecule has 106 valence electrons. The van der Waals surface area contributed by atoms with Gasteiger partial charge in [0.1, 0.15) is 0 Å². The van der Waals surface area contributed by atoms with Gasteiger partial charge in [-0.3, -0.25) is 0 Å². The van der Waals surface area contributed by atoms with Gasteiger partial charge < -0.3 is 5.32 Å². The van der Waals surface area contributed by atoms with Crippen molar-refractivity contribution in [2.24, 2.45) is 0 Å². The van der Waals surface area contributed by atoms with Crippen LogP contribution in [-0.2, 0) is 12.8 Å². The fourth-order valence-corrected chi connectivity index (χ4v) is 3.86. The summed E-state index contributed by atoms with van der Waals surface area (Å²) < 4.78 is 0. The third-order valence-corrected chi connectivity index (χ3v) is 5.40. The maximum atomic E-state index is 3.72. The van der Waals surface area contributed by atoms with Crippen molar-refractivity contribution in [3.8, 4) is 0 Å². The summed E-state index contributed by atoms with van der Waals surface area (Å²) in [6, 6.07) is 12.2. The molecule has 1 aromatic heterocycles. The lowest BCUT2D eigenvalue weighted by atomic mass is 9.89. The number of benzene rings is 1. The van der Waals surface area contributed by atoms with E-state index >= 15 is 0 Å². The zero-order valence-corrected chi connectivity index (χ0v) is 13.2. The van der Waals surface area contributed by atoms with Crippen molar-refractivity contribution in [1.82, 2.24) is 5.32 Å². The molecule has 0 saturated carbocycles. The molecule has 0 spiro atoms. The van der Waals surface area contributed by atoms with Crippen LogP contribution in [0.3, 0.4) is 0 Å². The molecule has 0 amide bonds. The molecule has 3 rings (SSSR count). The van der Waals surface area contributed by atoms with Gasteiger partial charge in [-0.15, -0.1) is 11.3 Å². The van der Waals surface area contributed by atoms with Gasteiger partial charge in [-0.05, 0) is 67.7 Å². The minimum atomic E-state index is 0.402. The standard InChI is InChI=1S/C18H23NS/c1-13(19-14(2)18-8-5-11-20-18)16-10-9-15-6-3-4-7-17(15)12-16/h5,8-14,19H,3-4,6-7H2,1-2H3/t13?,14-/m0/s1. The van der Waals surface area contributed by atoms with Crippen molar-refractivity contribution in [3.63, 3.8) is 0 Å². The summed E-state index contributed by atoms with van der Waals surface area (Å²) in [7, 11) is 0. The SMILES string of the molecule is CC(N[C@@H](C)c1cccs1)c1ccc2c(c1)CCCC2. The van der Waals surface area contributed by atoms with Gasteiger partial charge in [0.05, 0.1) is 0 Å². The Hall–Kier alpha value is -1.12. The van der Waals surface area contributed by atoms with Crippen LogP contribution >= 0.6 is 11.3 Å². The fourth-order valence-electron chi connectivity index (χ4n) is 3.11. The van der Waals surface area contributed by atoms with Crippen molar-refractivity contribution in [2.75, 3.05) is 0 Å². The summed E-state index contributed by atoms with van der Waals surface area (Å²) >= 11 is 1.83. The van der Waals surface area contributed by atoms with Crippen molar-refractivity contribution in [3.05, 3.63) is 57.3 Å². The zero-order valence-electron chi connectivity index (χ0n) is 12.4. The van der Waals surface area contributed by atoms with E-state index in [1.807, 2.05) is 11.3 Å². The Bertz CT molecular complexity index is 559. The van der Waals surface area contributed by atoms with Gasteiger partial charge in [0, 0.05) is 17.0 Å². The highest BCUT2D eigenvalue weighted by atomic mass is 32.1. The molecule has 1 nitrogen and oxygen atoms in total. The van der Waals surface area contributed by atoms with Gasteiger partial charge in [0.2, 0.25) is 0 Å². The Morgan fingerprint density at radius 3 is 2.55 bits per heavy atom. The largest absolute Gasteiger partial charge is 0.303 e. The van der Waals surface area contributed by atoms with E-state index in [2.05, 4.69) is 54.9 Å². The normalized spacial score (nSPS) is 17.5. The summed E-state index contributed by atoms with van der Waals surface area (Å²) in [5.41, 5.74) is 4.57. The highest BCUT2D eigenvalue weighted by Gasteiger charge is 2.15. The van der Waals surface area contributed by atoms with Crippen molar-refractivity contribution in [1.29, 1.82) is 0 Å². The summed E-state index contributed by atoms with van der Waals surface area (Å²) in [6.07, 6.45) is 5.23. The molecule has 2 heteroatoms. The van der Waals surface area contributed by atoms with Crippen molar-refractivity contribution >= 4 is 11.3 Å². The van der Waals surface area contributed by atoms with E-state index in [4.69, 9.17) is 0 Å². The average molecular weight is 285 g/mol. The van der Waals surface area contributed by atoms with Gasteiger partial charge in [0.25, 0.3) is 0 Å². The molecule has 1 aliphatic rings. The minimum Gasteiger partial charge on any atom is -0.303 e. The molecule has 0 bridgehead atoms. The maximum absolute atomic E-state index is 3.72. The van der Waals surface area contributed by atoms with Gasteiger partial charge in [-0.2, -0.15) is 0 Å². The molecule has 0 fully saturated rings. The number of nitrogens with one attached hydrogen (secondary N) is 1. The Morgan fingerprint density at radius 2 is 1.80 bits per heavy atom. The monoisotopic (exact) mass is 285 g/mol. The lowest BCUT2D eigenvalue weighted by molar-refractivity contribution is 0.499. The van der Waals surface area contributed by atoms with Crippen LogP contribution in [0.4, 0.5) is 0 Å². The molecule has 1 unspecified atom stereocenters. The Morgan fingerprint density at radius 1 is 1.00 bits per heavy atom. The molecule has 0 aliphatic heterocycles. The molecule has 0 radical (unpaired) electrons. The molecular formula is C18H23NS. The Balaban J connectivity index is 1.72. The molecule has 2 aromatic rings. The lowest BCUT2D eigenvalue weighted by Crippen LogP contribution is -2.22. The molecule has 1 N–H and O–H groups in total. The van der Waals surface area contributed by atoms with Gasteiger partial charge in [-0.25, -0.2) is 0 Å². The molecular weight excluding hydrogens is 262 g/mol. The number of thiophene rings is 1. The summed E-state index contributed by atoms with van der Waals surface area (Å²) in [5.74, 6) is 0. The second-order valence-electron chi connectivity index (χ2n) is 5.86. The summed E-state index contributed by atoms with van der Waals surface area (Å²) in [5, 5.41) is 5.87. The first-order valence-corrected chi connectivity index (χ1v) is 8.53. The van der Waals surface area contributed by atoms with Crippen LogP contribution in [0.5, 0.6) is 0 Å². The molecule has 1 aliphatic carbocycles. The Kier molecular flexibility index (Phi) is 4.23. The van der Waals surface area contributed by atoms with Crippen LogP contribution in [0.15, 0.2) is 35.7 Å². The van der Waals surface area contributed by atoms with Crippen LogP contribution in [0.2, 0.25) is 0 Å². The van der Waals surface area contributed by atoms with E-state index < -0.39 is 0 Å². The van der Waals surface area contributed by atoms with Gasteiger partial charge >= 0.3 is 0 Å². The first-order valence-electron chi connectivity index (χ1n) is 7.65. The van der Waals surface area contributed by atoms with Gasteiger partial charge in [-0.1, -0.05) is 24.3 Å². The number of fused-ring (bicyclic) bond motifs is 1. The van der Waals surface area contributed by atoms with E-state index in [0.717, 1.165) is 0 Å². The predicted octanol–water partition coefficient (Wildman–Crippen LogP) is 5.04. The third-order valence-electron chi connectivity index (χ3n) is 4.34. The third kappa shape index (κ3) is 2.97. The zero-order chi connectivity index (χ0) is 13.9. The van der Waals surface area contributed by atoms with E-state index in [1.54, 1.807) is 11.1 Å². The quantitative estimate of drug-likeness (QED) is 0.830. The van der Waals surface area contributed by atoms with Crippen LogP contribution in [0.1, 0.15) is 60.3 Å². The van der Waals surface area contributed by atoms with Crippen molar-refractivity contribution in [2.45, 2.75) is 51.6 Å². The predicted molar refractivity (Wildman–Crippen MR) is 87.4 cm³/mol.